The van der Waals surface area contributed by atoms with Gasteiger partial charge in [0.15, 0.2) is 0 Å². The van der Waals surface area contributed by atoms with E-state index in [1.165, 1.54) is 0 Å². The van der Waals surface area contributed by atoms with Gasteiger partial charge in [-0.1, -0.05) is 0 Å². The Labute approximate surface area is 73.7 Å². The number of Topliss-reactive ketones (excluding diaryl/α,β-unsaturated/α-hetero) is 1. The Hall–Kier alpha value is -0.370. The van der Waals surface area contributed by atoms with Crippen LogP contribution in [-0.4, -0.2) is 16.9 Å². The first kappa shape index (κ1) is 8.24. The molecule has 3 aliphatic rings. The van der Waals surface area contributed by atoms with Crippen LogP contribution in [0.3, 0.4) is 0 Å². The fourth-order valence-electron chi connectivity index (χ4n) is 2.95. The maximum absolute atomic E-state index is 11.6. The molecule has 2 saturated heterocycles. The molecular weight excluding hydrogens is 150 g/mol. The molecule has 0 aromatic heterocycles. The van der Waals surface area contributed by atoms with E-state index in [1.54, 1.807) is 0 Å². The van der Waals surface area contributed by atoms with Gasteiger partial charge in [-0.15, -0.1) is 0 Å². The predicted octanol–water partition coefficient (Wildman–Crippen LogP) is 1.50. The summed E-state index contributed by atoms with van der Waals surface area (Å²) in [6, 6.07) is 0. The van der Waals surface area contributed by atoms with Crippen molar-refractivity contribution in [2.24, 2.45) is 5.92 Å². The van der Waals surface area contributed by atoms with Gasteiger partial charge in [-0.3, -0.25) is 4.79 Å². The standard InChI is InChI=1S/C10H17NO/c1-9(2)7-4-5-10(3,11-9)6-8(7)12/h7,11H,4-6H2,1-3H3. The van der Waals surface area contributed by atoms with Crippen molar-refractivity contribution in [1.29, 1.82) is 0 Å². The Balaban J connectivity index is 2.34. The maximum atomic E-state index is 11.6. The lowest BCUT2D eigenvalue weighted by Crippen LogP contribution is -2.68. The van der Waals surface area contributed by atoms with Crippen molar-refractivity contribution in [3.8, 4) is 0 Å². The van der Waals surface area contributed by atoms with Crippen molar-refractivity contribution < 1.29 is 4.79 Å². The fraction of sp³-hybridized carbons (Fsp3) is 0.900. The summed E-state index contributed by atoms with van der Waals surface area (Å²) < 4.78 is 0. The van der Waals surface area contributed by atoms with E-state index < -0.39 is 0 Å². The van der Waals surface area contributed by atoms with Crippen LogP contribution in [0, 0.1) is 5.92 Å². The maximum Gasteiger partial charge on any atom is 0.139 e. The van der Waals surface area contributed by atoms with Crippen molar-refractivity contribution >= 4 is 5.78 Å². The quantitative estimate of drug-likeness (QED) is 0.592. The first-order valence-electron chi connectivity index (χ1n) is 4.75. The summed E-state index contributed by atoms with van der Waals surface area (Å²) in [5, 5.41) is 3.58. The largest absolute Gasteiger partial charge is 0.305 e. The Bertz CT molecular complexity index is 231. The number of hydrogen-bond donors (Lipinski definition) is 1. The lowest BCUT2D eigenvalue weighted by atomic mass is 9.64. The molecule has 0 amide bonds. The van der Waals surface area contributed by atoms with Gasteiger partial charge in [0, 0.05) is 23.4 Å². The number of fused-ring (bicyclic) bond motifs is 3. The minimum atomic E-state index is 0.0301. The lowest BCUT2D eigenvalue weighted by molar-refractivity contribution is -0.135. The van der Waals surface area contributed by atoms with Gasteiger partial charge in [-0.2, -0.15) is 0 Å². The zero-order valence-electron chi connectivity index (χ0n) is 8.11. The highest BCUT2D eigenvalue weighted by molar-refractivity contribution is 5.85. The van der Waals surface area contributed by atoms with Crippen LogP contribution < -0.4 is 5.32 Å². The second-order valence-electron chi connectivity index (χ2n) is 5.14. The number of nitrogens with one attached hydrogen (secondary N) is 1. The molecule has 2 heteroatoms. The molecule has 3 fully saturated rings. The second kappa shape index (κ2) is 2.11. The monoisotopic (exact) mass is 167 g/mol. The normalized spacial score (nSPS) is 44.9. The second-order valence-corrected chi connectivity index (χ2v) is 5.14. The van der Waals surface area contributed by atoms with E-state index in [-0.39, 0.29) is 17.0 Å². The summed E-state index contributed by atoms with van der Waals surface area (Å²) in [6.45, 7) is 6.46. The van der Waals surface area contributed by atoms with E-state index in [0.29, 0.717) is 5.78 Å². The number of rotatable bonds is 0. The van der Waals surface area contributed by atoms with Crippen LogP contribution in [0.1, 0.15) is 40.0 Å². The molecule has 68 valence electrons. The third kappa shape index (κ3) is 1.01. The van der Waals surface area contributed by atoms with Gasteiger partial charge in [0.1, 0.15) is 5.78 Å². The van der Waals surface area contributed by atoms with Crippen molar-refractivity contribution in [2.45, 2.75) is 51.1 Å². The molecule has 0 aromatic carbocycles. The average molecular weight is 167 g/mol. The third-order valence-electron chi connectivity index (χ3n) is 3.43. The van der Waals surface area contributed by atoms with Crippen molar-refractivity contribution in [3.05, 3.63) is 0 Å². The van der Waals surface area contributed by atoms with E-state index in [1.807, 2.05) is 0 Å². The van der Waals surface area contributed by atoms with Crippen LogP contribution in [-0.2, 0) is 4.79 Å². The molecule has 2 bridgehead atoms. The molecule has 3 rings (SSSR count). The Morgan fingerprint density at radius 2 is 2.08 bits per heavy atom. The summed E-state index contributed by atoms with van der Waals surface area (Å²) in [5.41, 5.74) is 0.123. The molecule has 2 unspecified atom stereocenters. The minimum Gasteiger partial charge on any atom is -0.305 e. The zero-order valence-corrected chi connectivity index (χ0v) is 8.11. The smallest absolute Gasteiger partial charge is 0.139 e. The van der Waals surface area contributed by atoms with E-state index in [9.17, 15) is 4.79 Å². The molecule has 12 heavy (non-hydrogen) atoms. The summed E-state index contributed by atoms with van der Waals surface area (Å²) in [5.74, 6) is 0.729. The molecule has 1 aliphatic carbocycles. The highest BCUT2D eigenvalue weighted by atomic mass is 16.1. The van der Waals surface area contributed by atoms with Crippen molar-refractivity contribution in [3.63, 3.8) is 0 Å². The zero-order chi connectivity index (χ0) is 8.98. The van der Waals surface area contributed by atoms with Gasteiger partial charge < -0.3 is 5.32 Å². The van der Waals surface area contributed by atoms with Crippen LogP contribution in [0.4, 0.5) is 0 Å². The van der Waals surface area contributed by atoms with Gasteiger partial charge >= 0.3 is 0 Å². The molecule has 2 nitrogen and oxygen atoms in total. The van der Waals surface area contributed by atoms with Crippen molar-refractivity contribution in [2.75, 3.05) is 0 Å². The van der Waals surface area contributed by atoms with E-state index in [2.05, 4.69) is 26.1 Å². The van der Waals surface area contributed by atoms with Gasteiger partial charge in [-0.25, -0.2) is 0 Å². The first-order valence-corrected chi connectivity index (χ1v) is 4.75. The molecule has 0 radical (unpaired) electrons. The van der Waals surface area contributed by atoms with Gasteiger partial charge in [-0.05, 0) is 33.6 Å². The number of carbonyl (C=O) groups is 1. The molecule has 1 saturated carbocycles. The van der Waals surface area contributed by atoms with E-state index >= 15 is 0 Å². The minimum absolute atomic E-state index is 0.0301. The number of piperidine rings is 2. The van der Waals surface area contributed by atoms with Crippen molar-refractivity contribution in [1.82, 2.24) is 5.32 Å². The topological polar surface area (TPSA) is 29.1 Å². The van der Waals surface area contributed by atoms with Gasteiger partial charge in [0.2, 0.25) is 0 Å². The van der Waals surface area contributed by atoms with E-state index in [0.717, 1.165) is 19.3 Å². The van der Waals surface area contributed by atoms with Crippen LogP contribution in [0.5, 0.6) is 0 Å². The molecule has 1 N–H and O–H groups in total. The SMILES string of the molecule is CC12CCC(C(=O)C1)C(C)(C)N2. The highest BCUT2D eigenvalue weighted by Crippen LogP contribution is 2.42. The van der Waals surface area contributed by atoms with Crippen LogP contribution in [0.25, 0.3) is 0 Å². The summed E-state index contributed by atoms with van der Waals surface area (Å²) in [6.07, 6.45) is 2.98. The number of ketones is 1. The van der Waals surface area contributed by atoms with Crippen LogP contribution in [0.2, 0.25) is 0 Å². The lowest BCUT2D eigenvalue weighted by Gasteiger charge is -2.54. The van der Waals surface area contributed by atoms with Crippen LogP contribution >= 0.6 is 0 Å². The predicted molar refractivity (Wildman–Crippen MR) is 48.0 cm³/mol. The number of carbonyl (C=O) groups excluding carboxylic acids is 1. The third-order valence-corrected chi connectivity index (χ3v) is 3.43. The van der Waals surface area contributed by atoms with Gasteiger partial charge in [0.25, 0.3) is 0 Å². The van der Waals surface area contributed by atoms with E-state index in [4.69, 9.17) is 0 Å². The van der Waals surface area contributed by atoms with Crippen LogP contribution in [0.15, 0.2) is 0 Å². The molecule has 2 heterocycles. The molecule has 2 atom stereocenters. The summed E-state index contributed by atoms with van der Waals surface area (Å²) >= 11 is 0. The van der Waals surface area contributed by atoms with Gasteiger partial charge in [0.05, 0.1) is 0 Å². The Morgan fingerprint density at radius 3 is 2.50 bits per heavy atom. The Kier molecular flexibility index (Phi) is 1.45. The summed E-state index contributed by atoms with van der Waals surface area (Å²) in [7, 11) is 0. The summed E-state index contributed by atoms with van der Waals surface area (Å²) in [4.78, 5) is 11.6. The first-order chi connectivity index (χ1) is 5.43. The molecular formula is C10H17NO. The Morgan fingerprint density at radius 1 is 1.42 bits per heavy atom. The highest BCUT2D eigenvalue weighted by Gasteiger charge is 2.51. The average Bonchev–Trinajstić information content (AvgIpc) is 1.80. The molecule has 0 spiro atoms. The molecule has 2 aliphatic heterocycles. The fourth-order valence-corrected chi connectivity index (χ4v) is 2.95. The number of hydrogen-bond acceptors (Lipinski definition) is 2. The molecule has 0 aromatic rings.